The van der Waals surface area contributed by atoms with Gasteiger partial charge in [-0.2, -0.15) is 0 Å². The summed E-state index contributed by atoms with van der Waals surface area (Å²) < 4.78 is 6.14. The zero-order chi connectivity index (χ0) is 18.4. The number of likely N-dealkylation sites (N-methyl/N-ethyl adjacent to an activating group) is 1. The fourth-order valence-electron chi connectivity index (χ4n) is 3.52. The molecule has 0 amide bonds. The van der Waals surface area contributed by atoms with E-state index < -0.39 is 4.65 Å². The first-order valence-corrected chi connectivity index (χ1v) is 11.5. The number of ether oxygens (including phenoxy) is 1. The van der Waals surface area contributed by atoms with Crippen LogP contribution in [0.5, 0.6) is 0 Å². The van der Waals surface area contributed by atoms with E-state index in [1.807, 2.05) is 7.05 Å². The number of unbranched alkanes of at least 4 members (excludes halogenated alkanes) is 3. The van der Waals surface area contributed by atoms with Gasteiger partial charge in [0, 0.05) is 18.9 Å². The minimum atomic E-state index is -0.447. The molecule has 3 heterocycles. The van der Waals surface area contributed by atoms with E-state index in [-0.39, 0.29) is 12.3 Å². The third kappa shape index (κ3) is 5.15. The van der Waals surface area contributed by atoms with Crippen LogP contribution in [0.2, 0.25) is 0 Å². The minimum absolute atomic E-state index is 0.209. The van der Waals surface area contributed by atoms with Crippen LogP contribution in [-0.4, -0.2) is 66.5 Å². The number of nitrogens with zero attached hydrogens (tertiary/aromatic N) is 4. The molecule has 148 valence electrons. The molecule has 0 radical (unpaired) electrons. The molecule has 1 N–H and O–H groups in total. The predicted molar refractivity (Wildman–Crippen MR) is 108 cm³/mol. The fraction of sp³-hybridized carbons (Fsp3) is 0.882. The minimum Gasteiger partial charge on any atom is -0.623 e. The molecule has 1 aromatic rings. The molecule has 0 spiro atoms. The Bertz CT molecular complexity index is 555. The lowest BCUT2D eigenvalue weighted by molar-refractivity contribution is 0.103. The van der Waals surface area contributed by atoms with Crippen molar-refractivity contribution in [1.82, 2.24) is 25.1 Å². The largest absolute Gasteiger partial charge is 0.623 e. The smallest absolute Gasteiger partial charge is 0.309 e. The molecule has 1 aromatic heterocycles. The fourth-order valence-corrected chi connectivity index (χ4v) is 5.51. The molecule has 2 saturated heterocycles. The maximum absolute atomic E-state index is 13.6. The van der Waals surface area contributed by atoms with Crippen molar-refractivity contribution in [2.45, 2.75) is 62.1 Å². The Kier molecular flexibility index (Phi) is 7.68. The molecule has 3 atom stereocenters. The van der Waals surface area contributed by atoms with Gasteiger partial charge < -0.3 is 9.94 Å². The van der Waals surface area contributed by atoms with Crippen LogP contribution >= 0.6 is 23.1 Å². The van der Waals surface area contributed by atoms with Crippen molar-refractivity contribution in [3.63, 3.8) is 0 Å². The van der Waals surface area contributed by atoms with Crippen molar-refractivity contribution in [1.29, 1.82) is 0 Å². The Morgan fingerprint density at radius 1 is 1.38 bits per heavy atom. The van der Waals surface area contributed by atoms with Gasteiger partial charge in [0.15, 0.2) is 10.5 Å². The first-order valence-electron chi connectivity index (χ1n) is 9.71. The number of quaternary nitrogens is 1. The molecule has 2 fully saturated rings. The summed E-state index contributed by atoms with van der Waals surface area (Å²) in [6.07, 6.45) is 7.20. The molecule has 3 unspecified atom stereocenters. The lowest BCUT2D eigenvalue weighted by atomic mass is 10.2. The highest BCUT2D eigenvalue weighted by Gasteiger charge is 2.42. The normalized spacial score (nSPS) is 29.7. The van der Waals surface area contributed by atoms with Crippen LogP contribution in [0.1, 0.15) is 45.4 Å². The van der Waals surface area contributed by atoms with Crippen LogP contribution in [0.3, 0.4) is 0 Å². The quantitative estimate of drug-likeness (QED) is 0.280. The van der Waals surface area contributed by atoms with Gasteiger partial charge in [0.2, 0.25) is 0 Å². The maximum atomic E-state index is 13.6. The van der Waals surface area contributed by atoms with Crippen LogP contribution < -0.4 is 9.96 Å². The van der Waals surface area contributed by atoms with E-state index in [9.17, 15) is 5.21 Å². The number of hydroxylamine groups is 2. The molecule has 26 heavy (non-hydrogen) atoms. The van der Waals surface area contributed by atoms with Crippen molar-refractivity contribution in [3.05, 3.63) is 5.21 Å². The van der Waals surface area contributed by atoms with Crippen LogP contribution in [0.25, 0.3) is 0 Å². The summed E-state index contributed by atoms with van der Waals surface area (Å²) in [7, 11) is 1.99. The summed E-state index contributed by atoms with van der Waals surface area (Å²) in [5.74, 6) is 1.05. The number of hydrogen-bond acceptors (Lipinski definition) is 8. The van der Waals surface area contributed by atoms with Gasteiger partial charge in [-0.05, 0) is 37.6 Å². The molecule has 3 rings (SSSR count). The van der Waals surface area contributed by atoms with Gasteiger partial charge >= 0.3 is 5.13 Å². The highest BCUT2D eigenvalue weighted by atomic mass is 32.2. The molecule has 0 bridgehead atoms. The van der Waals surface area contributed by atoms with Gasteiger partial charge in [-0.3, -0.25) is 14.9 Å². The highest BCUT2D eigenvalue weighted by Crippen LogP contribution is 2.36. The number of hydrogen-bond donors (Lipinski definition) is 1. The predicted octanol–water partition coefficient (Wildman–Crippen LogP) is 3.01. The van der Waals surface area contributed by atoms with Gasteiger partial charge in [0.1, 0.15) is 6.67 Å². The monoisotopic (exact) mass is 401 g/mol. The maximum Gasteiger partial charge on any atom is 0.309 e. The van der Waals surface area contributed by atoms with Gasteiger partial charge in [0.05, 0.1) is 12.6 Å². The molecular weight excluding hydrogens is 370 g/mol. The first-order chi connectivity index (χ1) is 12.6. The summed E-state index contributed by atoms with van der Waals surface area (Å²) in [5, 5.41) is 26.1. The van der Waals surface area contributed by atoms with Crippen molar-refractivity contribution < 1.29 is 4.74 Å². The molecule has 2 aliphatic heterocycles. The SMILES string of the molecule is CCCCCCSc1nnc([N+]2([O-])CN(C)CC2NCC2CCCO2)s1. The van der Waals surface area contributed by atoms with E-state index in [1.165, 1.54) is 37.0 Å². The zero-order valence-electron chi connectivity index (χ0n) is 15.9. The average molecular weight is 402 g/mol. The van der Waals surface area contributed by atoms with Crippen molar-refractivity contribution in [3.8, 4) is 0 Å². The third-order valence-corrected chi connectivity index (χ3v) is 7.24. The van der Waals surface area contributed by atoms with Crippen molar-refractivity contribution in [2.24, 2.45) is 0 Å². The second-order valence-corrected chi connectivity index (χ2v) is 9.59. The molecule has 7 nitrogen and oxygen atoms in total. The van der Waals surface area contributed by atoms with Crippen LogP contribution in [0, 0.1) is 5.21 Å². The summed E-state index contributed by atoms with van der Waals surface area (Å²) in [5.41, 5.74) is 0. The van der Waals surface area contributed by atoms with E-state index in [4.69, 9.17) is 4.74 Å². The lowest BCUT2D eigenvalue weighted by Gasteiger charge is -2.39. The Balaban J connectivity index is 1.56. The second kappa shape index (κ2) is 9.77. The molecule has 0 saturated carbocycles. The number of thioether (sulfide) groups is 1. The van der Waals surface area contributed by atoms with Crippen LogP contribution in [0.15, 0.2) is 4.34 Å². The third-order valence-electron chi connectivity index (χ3n) is 4.99. The van der Waals surface area contributed by atoms with Crippen molar-refractivity contribution >= 4 is 28.2 Å². The second-order valence-electron chi connectivity index (χ2n) is 7.29. The molecule has 0 aliphatic carbocycles. The van der Waals surface area contributed by atoms with Crippen molar-refractivity contribution in [2.75, 3.05) is 39.2 Å². The van der Waals surface area contributed by atoms with E-state index in [0.29, 0.717) is 11.8 Å². The highest BCUT2D eigenvalue weighted by molar-refractivity contribution is 8.01. The van der Waals surface area contributed by atoms with Gasteiger partial charge in [-0.1, -0.05) is 43.0 Å². The summed E-state index contributed by atoms with van der Waals surface area (Å²) in [4.78, 5) is 2.07. The Hall–Kier alpha value is -0.290. The Morgan fingerprint density at radius 3 is 3.04 bits per heavy atom. The summed E-state index contributed by atoms with van der Waals surface area (Å²) >= 11 is 3.19. The molecule has 9 heteroatoms. The zero-order valence-corrected chi connectivity index (χ0v) is 17.5. The van der Waals surface area contributed by atoms with Crippen LogP contribution in [-0.2, 0) is 4.74 Å². The van der Waals surface area contributed by atoms with Gasteiger partial charge in [0.25, 0.3) is 0 Å². The molecular formula is C17H31N5O2S2. The van der Waals surface area contributed by atoms with Crippen LogP contribution in [0.4, 0.5) is 5.13 Å². The summed E-state index contributed by atoms with van der Waals surface area (Å²) in [6.45, 7) is 4.92. The van der Waals surface area contributed by atoms with Gasteiger partial charge in [-0.15, -0.1) is 5.10 Å². The van der Waals surface area contributed by atoms with E-state index in [1.54, 1.807) is 11.8 Å². The van der Waals surface area contributed by atoms with E-state index in [0.717, 1.165) is 42.6 Å². The van der Waals surface area contributed by atoms with E-state index >= 15 is 0 Å². The standard InChI is InChI=1S/C17H31N5O2S2/c1-3-4-5-6-10-25-17-20-19-16(26-17)22(23)13-21(2)12-15(22)18-11-14-8-7-9-24-14/h14-15,18H,3-13H2,1-2H3. The first kappa shape index (κ1) is 20.4. The number of nitrogens with one attached hydrogen (secondary N) is 1. The molecule has 2 aliphatic rings. The lowest BCUT2D eigenvalue weighted by Crippen LogP contribution is -2.57. The van der Waals surface area contributed by atoms with E-state index in [2.05, 4.69) is 27.3 Å². The Labute approximate surface area is 164 Å². The average Bonchev–Trinajstić information content (AvgIpc) is 3.34. The number of aromatic nitrogens is 2. The summed E-state index contributed by atoms with van der Waals surface area (Å²) in [6, 6.07) is 0. The topological polar surface area (TPSA) is 73.3 Å². The van der Waals surface area contributed by atoms with Gasteiger partial charge in [-0.25, -0.2) is 0 Å². The Morgan fingerprint density at radius 2 is 2.27 bits per heavy atom. The molecule has 0 aromatic carbocycles. The number of rotatable bonds is 10.